The molecule has 1 unspecified atom stereocenters. The molecule has 1 aromatic carbocycles. The molecule has 0 bridgehead atoms. The molecule has 0 spiro atoms. The molecule has 19 heavy (non-hydrogen) atoms. The van der Waals surface area contributed by atoms with Crippen LogP contribution in [0.15, 0.2) is 36.4 Å². The molecule has 0 aliphatic carbocycles. The van der Waals surface area contributed by atoms with Crippen LogP contribution in [0, 0.1) is 18.6 Å². The summed E-state index contributed by atoms with van der Waals surface area (Å²) in [6.07, 6.45) is 0.560. The zero-order valence-electron chi connectivity index (χ0n) is 11.0. The van der Waals surface area contributed by atoms with Crippen molar-refractivity contribution in [3.63, 3.8) is 0 Å². The third-order valence-corrected chi connectivity index (χ3v) is 3.04. The van der Waals surface area contributed by atoms with Gasteiger partial charge in [0, 0.05) is 5.69 Å². The second-order valence-electron chi connectivity index (χ2n) is 4.50. The molecule has 2 rings (SSSR count). The highest BCUT2D eigenvalue weighted by Crippen LogP contribution is 2.18. The van der Waals surface area contributed by atoms with E-state index in [1.54, 1.807) is 6.07 Å². The fourth-order valence-electron chi connectivity index (χ4n) is 2.02. The molecule has 0 fully saturated rings. The Labute approximate surface area is 111 Å². The van der Waals surface area contributed by atoms with Crippen molar-refractivity contribution in [2.24, 2.45) is 0 Å². The normalized spacial score (nSPS) is 12.4. The largest absolute Gasteiger partial charge is 0.311 e. The van der Waals surface area contributed by atoms with Crippen LogP contribution in [0.2, 0.25) is 0 Å². The first-order valence-electron chi connectivity index (χ1n) is 6.15. The SMILES string of the molecule is CNC(Cc1ccc(F)c(F)c1)c1cccc(C)n1. The summed E-state index contributed by atoms with van der Waals surface area (Å²) in [5.74, 6) is -1.64. The maximum absolute atomic E-state index is 13.2. The standard InChI is InChI=1S/C15H16F2N2/c1-10-4-3-5-14(19-10)15(18-2)9-11-6-7-12(16)13(17)8-11/h3-8,15,18H,9H2,1-2H3. The molecule has 0 amide bonds. The number of benzene rings is 1. The van der Waals surface area contributed by atoms with Crippen molar-refractivity contribution < 1.29 is 8.78 Å². The van der Waals surface area contributed by atoms with Gasteiger partial charge in [-0.3, -0.25) is 4.98 Å². The molecule has 1 heterocycles. The smallest absolute Gasteiger partial charge is 0.159 e. The molecule has 0 radical (unpaired) electrons. The van der Waals surface area contributed by atoms with Crippen LogP contribution in [-0.4, -0.2) is 12.0 Å². The van der Waals surface area contributed by atoms with E-state index in [9.17, 15) is 8.78 Å². The molecule has 1 aromatic heterocycles. The van der Waals surface area contributed by atoms with Gasteiger partial charge in [0.25, 0.3) is 0 Å². The maximum atomic E-state index is 13.2. The summed E-state index contributed by atoms with van der Waals surface area (Å²) in [7, 11) is 1.83. The Morgan fingerprint density at radius 1 is 1.16 bits per heavy atom. The lowest BCUT2D eigenvalue weighted by atomic mass is 10.0. The zero-order valence-corrected chi connectivity index (χ0v) is 11.0. The summed E-state index contributed by atoms with van der Waals surface area (Å²) in [6, 6.07) is 9.74. The Kier molecular flexibility index (Phi) is 4.22. The van der Waals surface area contributed by atoms with Crippen molar-refractivity contribution in [1.82, 2.24) is 10.3 Å². The van der Waals surface area contributed by atoms with E-state index in [0.29, 0.717) is 6.42 Å². The van der Waals surface area contributed by atoms with Crippen molar-refractivity contribution in [1.29, 1.82) is 0 Å². The van der Waals surface area contributed by atoms with Crippen molar-refractivity contribution in [3.8, 4) is 0 Å². The number of halogens is 2. The molecule has 1 N–H and O–H groups in total. The minimum atomic E-state index is -0.821. The Balaban J connectivity index is 2.21. The molecule has 1 atom stereocenters. The van der Waals surface area contributed by atoms with Crippen LogP contribution in [0.5, 0.6) is 0 Å². The van der Waals surface area contributed by atoms with Gasteiger partial charge in [-0.05, 0) is 50.2 Å². The van der Waals surface area contributed by atoms with E-state index in [0.717, 1.165) is 23.0 Å². The number of aromatic nitrogens is 1. The number of pyridine rings is 1. The summed E-state index contributed by atoms with van der Waals surface area (Å²) >= 11 is 0. The summed E-state index contributed by atoms with van der Waals surface area (Å²) in [5.41, 5.74) is 2.57. The molecule has 0 aliphatic rings. The van der Waals surface area contributed by atoms with Gasteiger partial charge >= 0.3 is 0 Å². The van der Waals surface area contributed by atoms with Gasteiger partial charge < -0.3 is 5.32 Å². The molecule has 2 nitrogen and oxygen atoms in total. The molecule has 4 heteroatoms. The number of likely N-dealkylation sites (N-methyl/N-ethyl adjacent to an activating group) is 1. The number of rotatable bonds is 4. The van der Waals surface area contributed by atoms with E-state index >= 15 is 0 Å². The highest BCUT2D eigenvalue weighted by atomic mass is 19.2. The van der Waals surface area contributed by atoms with Crippen molar-refractivity contribution in [3.05, 3.63) is 65.0 Å². The fraction of sp³-hybridized carbons (Fsp3) is 0.267. The van der Waals surface area contributed by atoms with Gasteiger partial charge in [-0.1, -0.05) is 12.1 Å². The second-order valence-corrected chi connectivity index (χ2v) is 4.50. The monoisotopic (exact) mass is 262 g/mol. The van der Waals surface area contributed by atoms with Crippen LogP contribution in [0.1, 0.15) is 23.0 Å². The van der Waals surface area contributed by atoms with Crippen LogP contribution in [-0.2, 0) is 6.42 Å². The molecular weight excluding hydrogens is 246 g/mol. The first-order valence-corrected chi connectivity index (χ1v) is 6.15. The number of nitrogens with one attached hydrogen (secondary N) is 1. The van der Waals surface area contributed by atoms with Gasteiger partial charge in [-0.25, -0.2) is 8.78 Å². The van der Waals surface area contributed by atoms with Gasteiger partial charge in [0.05, 0.1) is 11.7 Å². The van der Waals surface area contributed by atoms with Crippen molar-refractivity contribution >= 4 is 0 Å². The summed E-state index contributed by atoms with van der Waals surface area (Å²) in [4.78, 5) is 4.45. The second kappa shape index (κ2) is 5.89. The topological polar surface area (TPSA) is 24.9 Å². The van der Waals surface area contributed by atoms with Gasteiger partial charge in [-0.15, -0.1) is 0 Å². The number of hydrogen-bond acceptors (Lipinski definition) is 2. The van der Waals surface area contributed by atoms with E-state index in [1.165, 1.54) is 6.07 Å². The van der Waals surface area contributed by atoms with Crippen LogP contribution < -0.4 is 5.32 Å². The minimum Gasteiger partial charge on any atom is -0.311 e. The van der Waals surface area contributed by atoms with Gasteiger partial charge in [0.1, 0.15) is 0 Å². The highest BCUT2D eigenvalue weighted by molar-refractivity contribution is 5.22. The molecule has 2 aromatic rings. The predicted octanol–water partition coefficient (Wildman–Crippen LogP) is 3.17. The molecule has 0 saturated heterocycles. The highest BCUT2D eigenvalue weighted by Gasteiger charge is 2.13. The Morgan fingerprint density at radius 2 is 1.95 bits per heavy atom. The number of aryl methyl sites for hydroxylation is 1. The summed E-state index contributed by atoms with van der Waals surface area (Å²) < 4.78 is 26.1. The summed E-state index contributed by atoms with van der Waals surface area (Å²) in [5, 5.41) is 3.15. The lowest BCUT2D eigenvalue weighted by Gasteiger charge is -2.16. The Hall–Kier alpha value is -1.81. The van der Waals surface area contributed by atoms with Gasteiger partial charge in [-0.2, -0.15) is 0 Å². The van der Waals surface area contributed by atoms with E-state index < -0.39 is 11.6 Å². The van der Waals surface area contributed by atoms with Crippen LogP contribution >= 0.6 is 0 Å². The average Bonchev–Trinajstić information content (AvgIpc) is 2.40. The molecule has 0 saturated carbocycles. The van der Waals surface area contributed by atoms with E-state index in [2.05, 4.69) is 10.3 Å². The molecule has 0 aliphatic heterocycles. The van der Waals surface area contributed by atoms with Gasteiger partial charge in [0.2, 0.25) is 0 Å². The first-order chi connectivity index (χ1) is 9.10. The van der Waals surface area contributed by atoms with E-state index in [-0.39, 0.29) is 6.04 Å². The van der Waals surface area contributed by atoms with E-state index in [1.807, 2.05) is 32.2 Å². The molecular formula is C15H16F2N2. The molecule has 100 valence electrons. The average molecular weight is 262 g/mol. The number of hydrogen-bond donors (Lipinski definition) is 1. The lowest BCUT2D eigenvalue weighted by Crippen LogP contribution is -2.20. The van der Waals surface area contributed by atoms with Gasteiger partial charge in [0.15, 0.2) is 11.6 Å². The van der Waals surface area contributed by atoms with Crippen LogP contribution in [0.4, 0.5) is 8.78 Å². The minimum absolute atomic E-state index is 0.0234. The third kappa shape index (κ3) is 3.35. The van der Waals surface area contributed by atoms with Crippen molar-refractivity contribution in [2.45, 2.75) is 19.4 Å². The summed E-state index contributed by atoms with van der Waals surface area (Å²) in [6.45, 7) is 1.92. The lowest BCUT2D eigenvalue weighted by molar-refractivity contribution is 0.504. The Morgan fingerprint density at radius 3 is 2.58 bits per heavy atom. The predicted molar refractivity (Wildman–Crippen MR) is 70.8 cm³/mol. The maximum Gasteiger partial charge on any atom is 0.159 e. The zero-order chi connectivity index (χ0) is 13.8. The first kappa shape index (κ1) is 13.6. The quantitative estimate of drug-likeness (QED) is 0.915. The third-order valence-electron chi connectivity index (χ3n) is 3.04. The van der Waals surface area contributed by atoms with Crippen LogP contribution in [0.3, 0.4) is 0 Å². The number of nitrogens with zero attached hydrogens (tertiary/aromatic N) is 1. The van der Waals surface area contributed by atoms with Crippen molar-refractivity contribution in [2.75, 3.05) is 7.05 Å². The fourth-order valence-corrected chi connectivity index (χ4v) is 2.02. The van der Waals surface area contributed by atoms with Crippen LogP contribution in [0.25, 0.3) is 0 Å². The van der Waals surface area contributed by atoms with E-state index in [4.69, 9.17) is 0 Å². The Bertz CT molecular complexity index is 570.